The van der Waals surface area contributed by atoms with Crippen LogP contribution in [-0.2, 0) is 25.6 Å². The Morgan fingerprint density at radius 3 is 2.59 bits per heavy atom. The first-order valence-corrected chi connectivity index (χ1v) is 12.0. The minimum atomic E-state index is -3.33. The van der Waals surface area contributed by atoms with E-state index in [-0.39, 0.29) is 12.4 Å². The molecule has 5 atom stereocenters. The Hall–Kier alpha value is -1.24. The summed E-state index contributed by atoms with van der Waals surface area (Å²) in [5.41, 5.74) is 6.58. The molecule has 0 radical (unpaired) electrons. The molecular formula is C16H27N6O5PS. The number of aliphatic hydroxyl groups excluding tert-OH is 1. The van der Waals surface area contributed by atoms with Gasteiger partial charge in [-0.3, -0.25) is 9.09 Å². The molecule has 0 spiro atoms. The minimum absolute atomic E-state index is 0.0513. The fourth-order valence-corrected chi connectivity index (χ4v) is 4.74. The number of nitrogens with two attached hydrogens (primary N) is 1. The maximum absolute atomic E-state index is 10.4. The lowest BCUT2D eigenvalue weighted by Gasteiger charge is -2.30. The standard InChI is InChI=1S/C10H12N5O5PS.C6H15N/c11-8-5-9(13-2-12-8)15(3-14-5)10-6(16)7-4(19-10)1-18-21(17,22)20-7;1-4-7(5-2)6-3/h2-4,6-7,10,16H,1H2,(H,17,22)(H2,11,12,13);4-6H2,1-3H3/t4-,6-,7-,10-,21?;/m1./s1. The monoisotopic (exact) mass is 446 g/mol. The summed E-state index contributed by atoms with van der Waals surface area (Å²) in [6.07, 6.45) is -0.414. The van der Waals surface area contributed by atoms with Crippen LogP contribution in [0.2, 0.25) is 0 Å². The van der Waals surface area contributed by atoms with Crippen molar-refractivity contribution >= 4 is 35.5 Å². The summed E-state index contributed by atoms with van der Waals surface area (Å²) < 4.78 is 17.6. The van der Waals surface area contributed by atoms with Crippen LogP contribution in [0, 0.1) is 0 Å². The molecule has 11 nitrogen and oxygen atoms in total. The summed E-state index contributed by atoms with van der Waals surface area (Å²) in [5, 5.41) is 10.4. The fourth-order valence-electron chi connectivity index (χ4n) is 3.29. The van der Waals surface area contributed by atoms with E-state index in [9.17, 15) is 10.00 Å². The van der Waals surface area contributed by atoms with Crippen molar-refractivity contribution in [2.24, 2.45) is 0 Å². The topological polar surface area (TPSA) is 141 Å². The molecule has 2 saturated heterocycles. The number of aliphatic hydroxyl groups is 1. The lowest BCUT2D eigenvalue weighted by atomic mass is 10.1. The second-order valence-corrected chi connectivity index (χ2v) is 9.38. The number of anilines is 1. The van der Waals surface area contributed by atoms with Gasteiger partial charge in [0.05, 0.1) is 12.9 Å². The zero-order valence-electron chi connectivity index (χ0n) is 16.6. The summed E-state index contributed by atoms with van der Waals surface area (Å²) in [6, 6.07) is 0. The number of hydrogen-bond donors (Lipinski definition) is 3. The minimum Gasteiger partial charge on any atom is -0.386 e. The van der Waals surface area contributed by atoms with Crippen LogP contribution in [0.5, 0.6) is 0 Å². The summed E-state index contributed by atoms with van der Waals surface area (Å²) in [7, 11) is 0. The van der Waals surface area contributed by atoms with Gasteiger partial charge in [0.15, 0.2) is 17.7 Å². The molecule has 2 aromatic rings. The van der Waals surface area contributed by atoms with Crippen LogP contribution in [0.4, 0.5) is 5.82 Å². The lowest BCUT2D eigenvalue weighted by molar-refractivity contribution is -0.0593. The molecule has 0 amide bonds. The largest absolute Gasteiger partial charge is 0.386 e. The Bertz CT molecular complexity index is 875. The van der Waals surface area contributed by atoms with Crippen LogP contribution in [0.3, 0.4) is 0 Å². The average molecular weight is 446 g/mol. The predicted molar refractivity (Wildman–Crippen MR) is 110 cm³/mol. The molecule has 2 aliphatic heterocycles. The van der Waals surface area contributed by atoms with Gasteiger partial charge in [0, 0.05) is 0 Å². The number of nitrogen functional groups attached to an aromatic ring is 1. The smallest absolute Gasteiger partial charge is 0.325 e. The highest BCUT2D eigenvalue weighted by Crippen LogP contribution is 2.52. The maximum atomic E-state index is 10.4. The van der Waals surface area contributed by atoms with Crippen LogP contribution >= 0.6 is 6.72 Å². The second kappa shape index (κ2) is 9.27. The zero-order chi connectivity index (χ0) is 21.2. The molecular weight excluding hydrogens is 419 g/mol. The number of aromatic nitrogens is 4. The molecule has 4 heterocycles. The van der Waals surface area contributed by atoms with E-state index in [4.69, 9.17) is 31.3 Å². The van der Waals surface area contributed by atoms with Gasteiger partial charge >= 0.3 is 6.72 Å². The van der Waals surface area contributed by atoms with Crippen molar-refractivity contribution < 1.29 is 23.8 Å². The molecule has 0 aromatic carbocycles. The Kier molecular flexibility index (Phi) is 7.18. The maximum Gasteiger partial charge on any atom is 0.325 e. The number of nitrogens with zero attached hydrogens (tertiary/aromatic N) is 5. The van der Waals surface area contributed by atoms with Crippen LogP contribution < -0.4 is 5.73 Å². The Morgan fingerprint density at radius 2 is 1.97 bits per heavy atom. The highest BCUT2D eigenvalue weighted by atomic mass is 32.5. The molecule has 0 aliphatic carbocycles. The van der Waals surface area contributed by atoms with E-state index in [2.05, 4.69) is 40.6 Å². The molecule has 162 valence electrons. The Balaban J connectivity index is 0.000000298. The van der Waals surface area contributed by atoms with E-state index in [1.807, 2.05) is 0 Å². The summed E-state index contributed by atoms with van der Waals surface area (Å²) in [6.45, 7) is 6.85. The number of hydrogen-bond acceptors (Lipinski definition) is 10. The third-order valence-electron chi connectivity index (χ3n) is 4.97. The van der Waals surface area contributed by atoms with Crippen molar-refractivity contribution in [2.45, 2.75) is 45.3 Å². The first kappa shape index (κ1) is 22.4. The predicted octanol–water partition coefficient (Wildman–Crippen LogP) is 0.647. The van der Waals surface area contributed by atoms with Gasteiger partial charge < -0.3 is 29.9 Å². The van der Waals surface area contributed by atoms with Gasteiger partial charge in [-0.1, -0.05) is 20.8 Å². The van der Waals surface area contributed by atoms with Gasteiger partial charge in [-0.25, -0.2) is 15.0 Å². The molecule has 4 N–H and O–H groups in total. The first-order chi connectivity index (χ1) is 13.8. The van der Waals surface area contributed by atoms with Gasteiger partial charge in [0.1, 0.15) is 30.2 Å². The number of rotatable bonds is 4. The van der Waals surface area contributed by atoms with E-state index >= 15 is 0 Å². The van der Waals surface area contributed by atoms with Crippen LogP contribution in [0.15, 0.2) is 12.7 Å². The molecule has 2 aromatic heterocycles. The first-order valence-electron chi connectivity index (χ1n) is 9.45. The van der Waals surface area contributed by atoms with Gasteiger partial charge in [-0.15, -0.1) is 0 Å². The molecule has 13 heteroatoms. The van der Waals surface area contributed by atoms with Crippen molar-refractivity contribution in [3.63, 3.8) is 0 Å². The van der Waals surface area contributed by atoms with E-state index in [1.165, 1.54) is 32.3 Å². The SMILES string of the molecule is CCN(CC)CC.Nc1ncnc2c1ncn2[C@@H]1O[C@@H]2COP(O)(=S)O[C@H]2[C@H]1O. The van der Waals surface area contributed by atoms with Crippen LogP contribution in [0.1, 0.15) is 27.0 Å². The van der Waals surface area contributed by atoms with Crippen molar-refractivity contribution in [3.05, 3.63) is 12.7 Å². The van der Waals surface area contributed by atoms with Crippen molar-refractivity contribution in [3.8, 4) is 0 Å². The zero-order valence-corrected chi connectivity index (χ0v) is 18.3. The Morgan fingerprint density at radius 1 is 1.28 bits per heavy atom. The summed E-state index contributed by atoms with van der Waals surface area (Å²) >= 11 is 4.80. The van der Waals surface area contributed by atoms with Crippen molar-refractivity contribution in [2.75, 3.05) is 32.0 Å². The quantitative estimate of drug-likeness (QED) is 0.570. The third-order valence-corrected chi connectivity index (χ3v) is 6.53. The van der Waals surface area contributed by atoms with E-state index in [0.717, 1.165) is 0 Å². The van der Waals surface area contributed by atoms with Gasteiger partial charge in [0.2, 0.25) is 0 Å². The fraction of sp³-hybridized carbons (Fsp3) is 0.688. The molecule has 0 bridgehead atoms. The molecule has 1 unspecified atom stereocenters. The summed E-state index contributed by atoms with van der Waals surface area (Å²) in [5.74, 6) is 0.235. The van der Waals surface area contributed by atoms with Crippen LogP contribution in [-0.4, -0.2) is 79.0 Å². The second-order valence-electron chi connectivity index (χ2n) is 6.59. The van der Waals surface area contributed by atoms with Gasteiger partial charge in [-0.2, -0.15) is 0 Å². The number of imidazole rings is 1. The highest BCUT2D eigenvalue weighted by Gasteiger charge is 2.51. The molecule has 2 fully saturated rings. The van der Waals surface area contributed by atoms with Crippen molar-refractivity contribution in [1.82, 2.24) is 24.4 Å². The number of ether oxygens (including phenoxy) is 1. The van der Waals surface area contributed by atoms with E-state index in [1.54, 1.807) is 4.57 Å². The summed E-state index contributed by atoms with van der Waals surface area (Å²) in [4.78, 5) is 24.2. The average Bonchev–Trinajstić information content (AvgIpc) is 3.25. The molecule has 0 saturated carbocycles. The van der Waals surface area contributed by atoms with Crippen molar-refractivity contribution in [1.29, 1.82) is 0 Å². The molecule has 2 aliphatic rings. The normalized spacial score (nSPS) is 31.5. The van der Waals surface area contributed by atoms with Gasteiger partial charge in [0.25, 0.3) is 0 Å². The molecule has 29 heavy (non-hydrogen) atoms. The Labute approximate surface area is 174 Å². The highest BCUT2D eigenvalue weighted by molar-refractivity contribution is 8.07. The third kappa shape index (κ3) is 4.75. The van der Waals surface area contributed by atoms with Crippen LogP contribution in [0.25, 0.3) is 11.2 Å². The van der Waals surface area contributed by atoms with E-state index in [0.29, 0.717) is 11.2 Å². The van der Waals surface area contributed by atoms with Gasteiger partial charge in [-0.05, 0) is 31.4 Å². The van der Waals surface area contributed by atoms with E-state index < -0.39 is 31.3 Å². The molecule has 4 rings (SSSR count). The lowest BCUT2D eigenvalue weighted by Crippen LogP contribution is -2.39. The number of fused-ring (bicyclic) bond motifs is 2.